The van der Waals surface area contributed by atoms with Crippen molar-refractivity contribution in [3.63, 3.8) is 0 Å². The Labute approximate surface area is 176 Å². The smallest absolute Gasteiger partial charge is 0.256 e. The summed E-state index contributed by atoms with van der Waals surface area (Å²) in [6.45, 7) is -0.182. The van der Waals surface area contributed by atoms with Crippen LogP contribution in [-0.4, -0.2) is 63.3 Å². The molecule has 8 nitrogen and oxygen atoms in total. The maximum absolute atomic E-state index is 13.0. The van der Waals surface area contributed by atoms with Crippen LogP contribution in [0.1, 0.15) is 17.2 Å². The second kappa shape index (κ2) is 8.95. The number of carbonyl (C=O) groups excluding carboxylic acids is 2. The maximum Gasteiger partial charge on any atom is 0.256 e. The molecule has 1 aliphatic rings. The molecule has 2 aromatic rings. The lowest BCUT2D eigenvalue weighted by molar-refractivity contribution is -0.160. The van der Waals surface area contributed by atoms with Crippen LogP contribution in [0.5, 0.6) is 0 Å². The first-order valence-corrected chi connectivity index (χ1v) is 11.0. The minimum Gasteiger partial charge on any atom is -0.356 e. The molecule has 2 atom stereocenters. The van der Waals surface area contributed by atoms with Crippen LogP contribution in [0.3, 0.4) is 0 Å². The molecule has 1 N–H and O–H groups in total. The molecule has 0 radical (unpaired) electrons. The molecular weight excluding hydrogens is 406 g/mol. The molecule has 1 saturated heterocycles. The summed E-state index contributed by atoms with van der Waals surface area (Å²) in [6.07, 6.45) is -0.899. The Morgan fingerprint density at radius 2 is 1.87 bits per heavy atom. The van der Waals surface area contributed by atoms with E-state index in [0.29, 0.717) is 11.3 Å². The zero-order chi connectivity index (χ0) is 21.9. The zero-order valence-electron chi connectivity index (χ0n) is 17.1. The summed E-state index contributed by atoms with van der Waals surface area (Å²) in [7, 11) is 1.18. The van der Waals surface area contributed by atoms with Crippen LogP contribution in [0.15, 0.2) is 54.6 Å². The van der Waals surface area contributed by atoms with Gasteiger partial charge in [-0.05, 0) is 23.3 Å². The summed E-state index contributed by atoms with van der Waals surface area (Å²) in [4.78, 5) is 26.7. The Bertz CT molecular complexity index is 1020. The Kier molecular flexibility index (Phi) is 6.55. The number of ether oxygens (including phenoxy) is 1. The van der Waals surface area contributed by atoms with E-state index in [4.69, 9.17) is 4.74 Å². The Morgan fingerprint density at radius 3 is 2.53 bits per heavy atom. The molecule has 0 spiro atoms. The highest BCUT2D eigenvalue weighted by atomic mass is 32.2. The first-order chi connectivity index (χ1) is 14.2. The SMILES string of the molecule is CN1C(=O)CO[C@H](C(=O)Nc2cccc(CS(=O)(=O)N(C)C)c2)[C@@H]1c1ccccc1. The standard InChI is InChI=1S/C21H25N3O5S/c1-23(2)30(27,28)14-15-8-7-11-17(12-15)22-21(26)20-19(16-9-5-4-6-10-16)24(3)18(25)13-29-20/h4-12,19-20H,13-14H2,1-3H3,(H,22,26)/t19-,20-/m0/s1. The minimum absolute atomic E-state index is 0.173. The van der Waals surface area contributed by atoms with Gasteiger partial charge in [0.2, 0.25) is 15.9 Å². The molecule has 160 valence electrons. The average Bonchev–Trinajstić information content (AvgIpc) is 2.70. The van der Waals surface area contributed by atoms with Gasteiger partial charge in [-0.1, -0.05) is 42.5 Å². The molecule has 30 heavy (non-hydrogen) atoms. The number of amides is 2. The highest BCUT2D eigenvalue weighted by Crippen LogP contribution is 2.30. The molecular formula is C21H25N3O5S. The van der Waals surface area contributed by atoms with Crippen molar-refractivity contribution in [2.75, 3.05) is 33.1 Å². The summed E-state index contributed by atoms with van der Waals surface area (Å²) in [5, 5.41) is 2.79. The topological polar surface area (TPSA) is 96.0 Å². The highest BCUT2D eigenvalue weighted by molar-refractivity contribution is 7.88. The molecule has 0 unspecified atom stereocenters. The van der Waals surface area contributed by atoms with Gasteiger partial charge in [-0.25, -0.2) is 12.7 Å². The summed E-state index contributed by atoms with van der Waals surface area (Å²) in [5.74, 6) is -0.785. The zero-order valence-corrected chi connectivity index (χ0v) is 17.9. The Balaban J connectivity index is 1.81. The van der Waals surface area contributed by atoms with E-state index in [-0.39, 0.29) is 18.3 Å². The van der Waals surface area contributed by atoms with Gasteiger partial charge in [-0.2, -0.15) is 0 Å². The van der Waals surface area contributed by atoms with Crippen molar-refractivity contribution >= 4 is 27.5 Å². The number of nitrogens with zero attached hydrogens (tertiary/aromatic N) is 2. The van der Waals surface area contributed by atoms with Gasteiger partial charge in [-0.15, -0.1) is 0 Å². The monoisotopic (exact) mass is 431 g/mol. The molecule has 0 bridgehead atoms. The molecule has 1 aliphatic heterocycles. The number of hydrogen-bond donors (Lipinski definition) is 1. The normalized spacial score (nSPS) is 19.7. The third-order valence-electron chi connectivity index (χ3n) is 4.98. The lowest BCUT2D eigenvalue weighted by Crippen LogP contribution is -2.51. The maximum atomic E-state index is 13.0. The largest absolute Gasteiger partial charge is 0.356 e. The molecule has 1 fully saturated rings. The van der Waals surface area contributed by atoms with Crippen LogP contribution in [0.4, 0.5) is 5.69 Å². The quantitative estimate of drug-likeness (QED) is 0.750. The lowest BCUT2D eigenvalue weighted by Gasteiger charge is -2.38. The van der Waals surface area contributed by atoms with E-state index in [1.807, 2.05) is 30.3 Å². The van der Waals surface area contributed by atoms with E-state index in [9.17, 15) is 18.0 Å². The van der Waals surface area contributed by atoms with Crippen molar-refractivity contribution in [1.82, 2.24) is 9.21 Å². The molecule has 0 aliphatic carbocycles. The van der Waals surface area contributed by atoms with Gasteiger partial charge in [0.25, 0.3) is 5.91 Å². The predicted molar refractivity (Wildman–Crippen MR) is 113 cm³/mol. The fourth-order valence-corrected chi connectivity index (χ4v) is 4.13. The molecule has 9 heteroatoms. The van der Waals surface area contributed by atoms with Crippen molar-refractivity contribution in [2.24, 2.45) is 0 Å². The number of anilines is 1. The molecule has 0 aromatic heterocycles. The number of carbonyl (C=O) groups is 2. The van der Waals surface area contributed by atoms with Crippen molar-refractivity contribution in [1.29, 1.82) is 0 Å². The van der Waals surface area contributed by atoms with Gasteiger partial charge < -0.3 is 15.0 Å². The fourth-order valence-electron chi connectivity index (χ4n) is 3.27. The summed E-state index contributed by atoms with van der Waals surface area (Å²) in [5.41, 5.74) is 1.80. The number of benzene rings is 2. The van der Waals surface area contributed by atoms with Crippen LogP contribution < -0.4 is 5.32 Å². The third-order valence-corrected chi connectivity index (χ3v) is 6.79. The first-order valence-electron chi connectivity index (χ1n) is 9.41. The molecule has 3 rings (SSSR count). The van der Waals surface area contributed by atoms with Gasteiger partial charge in [0, 0.05) is 26.8 Å². The summed E-state index contributed by atoms with van der Waals surface area (Å²) < 4.78 is 31.0. The number of likely N-dealkylation sites (N-methyl/N-ethyl adjacent to an activating group) is 1. The van der Waals surface area contributed by atoms with Gasteiger partial charge in [0.05, 0.1) is 11.8 Å². The number of rotatable bonds is 6. The van der Waals surface area contributed by atoms with Crippen LogP contribution in [0.2, 0.25) is 0 Å². The lowest BCUT2D eigenvalue weighted by atomic mass is 9.97. The van der Waals surface area contributed by atoms with E-state index in [0.717, 1.165) is 9.87 Å². The predicted octanol–water partition coefficient (Wildman–Crippen LogP) is 1.61. The number of sulfonamides is 1. The van der Waals surface area contributed by atoms with Gasteiger partial charge in [0.15, 0.2) is 6.10 Å². The van der Waals surface area contributed by atoms with Crippen LogP contribution >= 0.6 is 0 Å². The molecule has 2 aromatic carbocycles. The second-order valence-electron chi connectivity index (χ2n) is 7.32. The molecule has 2 amide bonds. The van der Waals surface area contributed by atoms with Crippen molar-refractivity contribution in [2.45, 2.75) is 17.9 Å². The minimum atomic E-state index is -3.42. The highest BCUT2D eigenvalue weighted by Gasteiger charge is 2.40. The van der Waals surface area contributed by atoms with E-state index >= 15 is 0 Å². The van der Waals surface area contributed by atoms with Crippen molar-refractivity contribution < 1.29 is 22.7 Å². The average molecular weight is 432 g/mol. The van der Waals surface area contributed by atoms with Crippen molar-refractivity contribution in [3.8, 4) is 0 Å². The van der Waals surface area contributed by atoms with Gasteiger partial charge in [0.1, 0.15) is 6.61 Å². The van der Waals surface area contributed by atoms with Crippen LogP contribution in [-0.2, 0) is 30.1 Å². The fraction of sp³-hybridized carbons (Fsp3) is 0.333. The van der Waals surface area contributed by atoms with Gasteiger partial charge >= 0.3 is 0 Å². The molecule has 0 saturated carbocycles. The van der Waals surface area contributed by atoms with E-state index in [1.165, 1.54) is 19.0 Å². The second-order valence-corrected chi connectivity index (χ2v) is 9.50. The molecule has 1 heterocycles. The van der Waals surface area contributed by atoms with E-state index < -0.39 is 28.1 Å². The number of nitrogens with one attached hydrogen (secondary N) is 1. The van der Waals surface area contributed by atoms with E-state index in [2.05, 4.69) is 5.32 Å². The number of hydrogen-bond acceptors (Lipinski definition) is 5. The first kappa shape index (κ1) is 21.9. The van der Waals surface area contributed by atoms with E-state index in [1.54, 1.807) is 31.3 Å². The Hall–Kier alpha value is -2.75. The van der Waals surface area contributed by atoms with Crippen LogP contribution in [0, 0.1) is 0 Å². The summed E-state index contributed by atoms with van der Waals surface area (Å²) in [6, 6.07) is 15.3. The Morgan fingerprint density at radius 1 is 1.17 bits per heavy atom. The van der Waals surface area contributed by atoms with Crippen molar-refractivity contribution in [3.05, 3.63) is 65.7 Å². The number of morpholine rings is 1. The summed E-state index contributed by atoms with van der Waals surface area (Å²) >= 11 is 0. The van der Waals surface area contributed by atoms with Gasteiger partial charge in [-0.3, -0.25) is 9.59 Å². The third kappa shape index (κ3) is 4.86. The van der Waals surface area contributed by atoms with Crippen LogP contribution in [0.25, 0.3) is 0 Å².